The minimum atomic E-state index is 0.0659. The molecule has 0 spiro atoms. The van der Waals surface area contributed by atoms with Crippen LogP contribution >= 0.6 is 11.6 Å². The van der Waals surface area contributed by atoms with Crippen LogP contribution in [0, 0.1) is 17.8 Å². The van der Waals surface area contributed by atoms with E-state index in [0.29, 0.717) is 24.3 Å². The Labute approximate surface area is 121 Å². The van der Waals surface area contributed by atoms with E-state index in [1.807, 2.05) is 24.3 Å². The van der Waals surface area contributed by atoms with Crippen molar-refractivity contribution < 1.29 is 4.79 Å². The lowest BCUT2D eigenvalue weighted by Crippen LogP contribution is -2.36. The molecule has 2 nitrogen and oxygen atoms in total. The number of amides is 1. The molecule has 3 heteroatoms. The largest absolute Gasteiger partial charge is 0.352 e. The van der Waals surface area contributed by atoms with Gasteiger partial charge in [-0.3, -0.25) is 4.79 Å². The number of carbonyl (C=O) groups excluding carboxylic acids is 1. The Kier molecular flexibility index (Phi) is 6.36. The lowest BCUT2D eigenvalue weighted by molar-refractivity contribution is -0.128. The molecule has 19 heavy (non-hydrogen) atoms. The zero-order valence-electron chi connectivity index (χ0n) is 12.2. The molecule has 0 aliphatic heterocycles. The van der Waals surface area contributed by atoms with Crippen molar-refractivity contribution in [3.8, 4) is 0 Å². The zero-order chi connectivity index (χ0) is 14.4. The van der Waals surface area contributed by atoms with Gasteiger partial charge in [-0.2, -0.15) is 0 Å². The van der Waals surface area contributed by atoms with Crippen LogP contribution in [-0.2, 0) is 17.2 Å². The standard InChI is InChI=1S/C16H24ClNO/c1-11(2)15(12(3)4)16(19)18-10-14-7-5-6-13(8-14)9-17/h5-8,11-12,15H,9-10H2,1-4H3,(H,18,19). The maximum Gasteiger partial charge on any atom is 0.223 e. The predicted molar refractivity (Wildman–Crippen MR) is 81.0 cm³/mol. The molecule has 0 aliphatic rings. The number of halogens is 1. The summed E-state index contributed by atoms with van der Waals surface area (Å²) in [7, 11) is 0. The van der Waals surface area contributed by atoms with E-state index in [0.717, 1.165) is 11.1 Å². The maximum atomic E-state index is 12.2. The van der Waals surface area contributed by atoms with Crippen molar-refractivity contribution in [1.29, 1.82) is 0 Å². The number of hydrogen-bond donors (Lipinski definition) is 1. The van der Waals surface area contributed by atoms with Crippen molar-refractivity contribution >= 4 is 17.5 Å². The van der Waals surface area contributed by atoms with Crippen molar-refractivity contribution in [2.24, 2.45) is 17.8 Å². The second kappa shape index (κ2) is 7.54. The van der Waals surface area contributed by atoms with E-state index in [9.17, 15) is 4.79 Å². The highest BCUT2D eigenvalue weighted by Gasteiger charge is 2.24. The third-order valence-electron chi connectivity index (χ3n) is 3.35. The first-order chi connectivity index (χ1) is 8.95. The average molecular weight is 282 g/mol. The SMILES string of the molecule is CC(C)C(C(=O)NCc1cccc(CCl)c1)C(C)C. The first-order valence-electron chi connectivity index (χ1n) is 6.87. The molecule has 0 aliphatic carbocycles. The van der Waals surface area contributed by atoms with Crippen LogP contribution in [-0.4, -0.2) is 5.91 Å². The van der Waals surface area contributed by atoms with Crippen LogP contribution in [0.15, 0.2) is 24.3 Å². The molecule has 0 heterocycles. The fraction of sp³-hybridized carbons (Fsp3) is 0.562. The third-order valence-corrected chi connectivity index (χ3v) is 3.66. The quantitative estimate of drug-likeness (QED) is 0.786. The monoisotopic (exact) mass is 281 g/mol. The van der Waals surface area contributed by atoms with Crippen molar-refractivity contribution in [3.63, 3.8) is 0 Å². The van der Waals surface area contributed by atoms with E-state index in [1.54, 1.807) is 0 Å². The van der Waals surface area contributed by atoms with E-state index >= 15 is 0 Å². The molecule has 1 aromatic rings. The highest BCUT2D eigenvalue weighted by atomic mass is 35.5. The van der Waals surface area contributed by atoms with Crippen LogP contribution < -0.4 is 5.32 Å². The van der Waals surface area contributed by atoms with Crippen molar-refractivity contribution in [3.05, 3.63) is 35.4 Å². The molecule has 0 unspecified atom stereocenters. The van der Waals surface area contributed by atoms with Crippen molar-refractivity contribution in [1.82, 2.24) is 5.32 Å². The summed E-state index contributed by atoms with van der Waals surface area (Å²) in [4.78, 5) is 12.2. The number of rotatable bonds is 6. The van der Waals surface area contributed by atoms with Gasteiger partial charge in [-0.25, -0.2) is 0 Å². The molecular weight excluding hydrogens is 258 g/mol. The Morgan fingerprint density at radius 2 is 1.74 bits per heavy atom. The van der Waals surface area contributed by atoms with Crippen molar-refractivity contribution in [2.75, 3.05) is 0 Å². The van der Waals surface area contributed by atoms with Crippen molar-refractivity contribution in [2.45, 2.75) is 40.1 Å². The van der Waals surface area contributed by atoms with E-state index in [4.69, 9.17) is 11.6 Å². The predicted octanol–water partition coefficient (Wildman–Crippen LogP) is 3.97. The minimum Gasteiger partial charge on any atom is -0.352 e. The van der Waals surface area contributed by atoms with E-state index in [-0.39, 0.29) is 11.8 Å². The van der Waals surface area contributed by atoms with Crippen LogP contribution in [0.4, 0.5) is 0 Å². The first-order valence-corrected chi connectivity index (χ1v) is 7.40. The Morgan fingerprint density at radius 1 is 1.16 bits per heavy atom. The highest BCUT2D eigenvalue weighted by molar-refractivity contribution is 6.17. The van der Waals surface area contributed by atoms with Crippen LogP contribution in [0.25, 0.3) is 0 Å². The van der Waals surface area contributed by atoms with Gasteiger partial charge in [0.1, 0.15) is 0 Å². The summed E-state index contributed by atoms with van der Waals surface area (Å²) in [6.07, 6.45) is 0. The number of nitrogens with one attached hydrogen (secondary N) is 1. The van der Waals surface area contributed by atoms with E-state index in [1.165, 1.54) is 0 Å². The summed E-state index contributed by atoms with van der Waals surface area (Å²) < 4.78 is 0. The number of alkyl halides is 1. The average Bonchev–Trinajstić information content (AvgIpc) is 2.35. The van der Waals surface area contributed by atoms with Gasteiger partial charge in [0.15, 0.2) is 0 Å². The lowest BCUT2D eigenvalue weighted by Gasteiger charge is -2.23. The molecule has 0 atom stereocenters. The van der Waals surface area contributed by atoms with Gasteiger partial charge in [-0.1, -0.05) is 52.0 Å². The van der Waals surface area contributed by atoms with E-state index in [2.05, 4.69) is 33.0 Å². The molecule has 1 amide bonds. The highest BCUT2D eigenvalue weighted by Crippen LogP contribution is 2.20. The van der Waals surface area contributed by atoms with Gasteiger partial charge in [0, 0.05) is 18.3 Å². The molecule has 0 fully saturated rings. The Balaban J connectivity index is 2.62. The molecular formula is C16H24ClNO. The molecule has 1 N–H and O–H groups in total. The molecule has 106 valence electrons. The Hall–Kier alpha value is -1.02. The second-order valence-electron chi connectivity index (χ2n) is 5.69. The van der Waals surface area contributed by atoms with Crippen LogP contribution in [0.1, 0.15) is 38.8 Å². The smallest absolute Gasteiger partial charge is 0.223 e. The second-order valence-corrected chi connectivity index (χ2v) is 5.95. The summed E-state index contributed by atoms with van der Waals surface area (Å²) in [5, 5.41) is 3.03. The molecule has 0 bridgehead atoms. The number of benzene rings is 1. The summed E-state index contributed by atoms with van der Waals surface area (Å²) >= 11 is 5.81. The zero-order valence-corrected chi connectivity index (χ0v) is 13.0. The van der Waals surface area contributed by atoms with Gasteiger partial charge < -0.3 is 5.32 Å². The lowest BCUT2D eigenvalue weighted by atomic mass is 9.85. The first kappa shape index (κ1) is 16.0. The fourth-order valence-electron chi connectivity index (χ4n) is 2.51. The van der Waals surface area contributed by atoms with E-state index < -0.39 is 0 Å². The van der Waals surface area contributed by atoms with Gasteiger partial charge in [0.05, 0.1) is 0 Å². The molecule has 1 rings (SSSR count). The summed E-state index contributed by atoms with van der Waals surface area (Å²) in [5.74, 6) is 1.42. The molecule has 1 aromatic carbocycles. The molecule has 0 aromatic heterocycles. The van der Waals surface area contributed by atoms with Crippen LogP contribution in [0.3, 0.4) is 0 Å². The minimum absolute atomic E-state index is 0.0659. The summed E-state index contributed by atoms with van der Waals surface area (Å²) in [6.45, 7) is 8.95. The van der Waals surface area contributed by atoms with Gasteiger partial charge in [-0.15, -0.1) is 11.6 Å². The Morgan fingerprint density at radius 3 is 2.26 bits per heavy atom. The fourth-order valence-corrected chi connectivity index (χ4v) is 2.67. The van der Waals surface area contributed by atoms with Gasteiger partial charge in [-0.05, 0) is 23.0 Å². The molecule has 0 saturated carbocycles. The number of hydrogen-bond acceptors (Lipinski definition) is 1. The summed E-state index contributed by atoms with van der Waals surface area (Å²) in [5.41, 5.74) is 2.18. The maximum absolute atomic E-state index is 12.2. The Bertz CT molecular complexity index is 407. The molecule has 0 saturated heterocycles. The van der Waals surface area contributed by atoms with Gasteiger partial charge >= 0.3 is 0 Å². The summed E-state index contributed by atoms with van der Waals surface area (Å²) in [6, 6.07) is 8.01. The third kappa shape index (κ3) is 4.87. The topological polar surface area (TPSA) is 29.1 Å². The number of carbonyl (C=O) groups is 1. The van der Waals surface area contributed by atoms with Gasteiger partial charge in [0.2, 0.25) is 5.91 Å². The normalized spacial score (nSPS) is 11.4. The molecule has 0 radical (unpaired) electrons. The van der Waals surface area contributed by atoms with Gasteiger partial charge in [0.25, 0.3) is 0 Å². The van der Waals surface area contributed by atoms with Crippen LogP contribution in [0.5, 0.6) is 0 Å². The van der Waals surface area contributed by atoms with Crippen LogP contribution in [0.2, 0.25) is 0 Å².